The lowest BCUT2D eigenvalue weighted by atomic mass is 9.92. The molecular weight excluding hydrogens is 400 g/mol. The summed E-state index contributed by atoms with van der Waals surface area (Å²) >= 11 is 0. The fourth-order valence-electron chi connectivity index (χ4n) is 5.42. The molecule has 0 spiro atoms. The molecule has 2 aliphatic heterocycles. The summed E-state index contributed by atoms with van der Waals surface area (Å²) in [6, 6.07) is 22.1. The number of nitrogens with zero attached hydrogens (tertiary/aromatic N) is 1. The van der Waals surface area contributed by atoms with Gasteiger partial charge in [-0.15, -0.1) is 0 Å². The molecule has 4 nitrogen and oxygen atoms in total. The quantitative estimate of drug-likeness (QED) is 0.729. The first kappa shape index (κ1) is 22.7. The molecule has 2 atom stereocenters. The number of nitrogens with two attached hydrogens (primary N) is 1. The van der Waals surface area contributed by atoms with Crippen molar-refractivity contribution in [3.8, 4) is 0 Å². The zero-order valence-electron chi connectivity index (χ0n) is 19.5. The highest BCUT2D eigenvalue weighted by molar-refractivity contribution is 6.99. The fourth-order valence-corrected chi connectivity index (χ4v) is 10.2. The maximum Gasteiger partial charge on any atom is 0.261 e. The fraction of sp³-hybridized carbons (Fsp3) is 0.538. The Morgan fingerprint density at radius 3 is 1.97 bits per heavy atom. The monoisotopic (exact) mass is 438 g/mol. The summed E-state index contributed by atoms with van der Waals surface area (Å²) in [5.41, 5.74) is 6.07. The highest BCUT2D eigenvalue weighted by Crippen LogP contribution is 2.41. The molecule has 2 aromatic carbocycles. The molecule has 0 radical (unpaired) electrons. The molecule has 0 amide bonds. The van der Waals surface area contributed by atoms with E-state index in [2.05, 4.69) is 93.3 Å². The molecule has 168 valence electrons. The van der Waals surface area contributed by atoms with Crippen LogP contribution in [0.5, 0.6) is 0 Å². The number of hydrogen-bond acceptors (Lipinski definition) is 4. The number of ether oxygens (including phenoxy) is 1. The van der Waals surface area contributed by atoms with Gasteiger partial charge in [-0.2, -0.15) is 0 Å². The molecule has 2 aliphatic rings. The second-order valence-corrected chi connectivity index (χ2v) is 14.7. The first-order valence-corrected chi connectivity index (χ1v) is 13.6. The lowest BCUT2D eigenvalue weighted by molar-refractivity contribution is 0.00533. The van der Waals surface area contributed by atoms with Crippen LogP contribution in [0.3, 0.4) is 0 Å². The second kappa shape index (κ2) is 8.79. The molecule has 4 rings (SSSR count). The number of benzene rings is 2. The Morgan fingerprint density at radius 2 is 1.48 bits per heavy atom. The van der Waals surface area contributed by atoms with Crippen molar-refractivity contribution in [2.45, 2.75) is 63.3 Å². The first-order valence-electron chi connectivity index (χ1n) is 11.6. The summed E-state index contributed by atoms with van der Waals surface area (Å²) in [4.78, 5) is 2.58. The van der Waals surface area contributed by atoms with E-state index in [1.54, 1.807) is 0 Å². The van der Waals surface area contributed by atoms with Gasteiger partial charge in [0.2, 0.25) is 0 Å². The first-order chi connectivity index (χ1) is 14.8. The van der Waals surface area contributed by atoms with Crippen LogP contribution in [0.2, 0.25) is 5.04 Å². The van der Waals surface area contributed by atoms with E-state index < -0.39 is 8.32 Å². The van der Waals surface area contributed by atoms with E-state index in [1.807, 2.05) is 0 Å². The van der Waals surface area contributed by atoms with Gasteiger partial charge in [0.1, 0.15) is 0 Å². The molecule has 0 aromatic heterocycles. The summed E-state index contributed by atoms with van der Waals surface area (Å²) in [5.74, 6) is 0. The molecule has 2 N–H and O–H groups in total. The highest BCUT2D eigenvalue weighted by atomic mass is 28.4. The van der Waals surface area contributed by atoms with Crippen molar-refractivity contribution in [1.29, 1.82) is 0 Å². The van der Waals surface area contributed by atoms with Crippen LogP contribution in [0, 0.1) is 0 Å². The van der Waals surface area contributed by atoms with Crippen LogP contribution in [0.4, 0.5) is 0 Å². The number of hydrogen-bond donors (Lipinski definition) is 1. The number of likely N-dealkylation sites (tertiary alicyclic amines) is 1. The molecular formula is C26H38N2O2Si. The maximum atomic E-state index is 7.47. The lowest BCUT2D eigenvalue weighted by Gasteiger charge is -2.50. The van der Waals surface area contributed by atoms with Gasteiger partial charge in [-0.25, -0.2) is 0 Å². The Balaban J connectivity index is 1.78. The van der Waals surface area contributed by atoms with Crippen molar-refractivity contribution < 1.29 is 9.16 Å². The van der Waals surface area contributed by atoms with E-state index in [9.17, 15) is 0 Å². The van der Waals surface area contributed by atoms with Crippen LogP contribution in [-0.4, -0.2) is 57.2 Å². The Kier molecular flexibility index (Phi) is 6.43. The predicted molar refractivity (Wildman–Crippen MR) is 131 cm³/mol. The normalized spacial score (nSPS) is 26.3. The minimum Gasteiger partial charge on any atom is -0.400 e. The average molecular weight is 439 g/mol. The van der Waals surface area contributed by atoms with Crippen LogP contribution < -0.4 is 16.1 Å². The Labute approximate surface area is 188 Å². The molecule has 0 bridgehead atoms. The van der Waals surface area contributed by atoms with Gasteiger partial charge in [-0.3, -0.25) is 4.90 Å². The largest absolute Gasteiger partial charge is 0.400 e. The van der Waals surface area contributed by atoms with E-state index in [0.29, 0.717) is 19.3 Å². The molecule has 2 heterocycles. The van der Waals surface area contributed by atoms with Crippen molar-refractivity contribution >= 4 is 18.7 Å². The maximum absolute atomic E-state index is 7.47. The summed E-state index contributed by atoms with van der Waals surface area (Å²) in [6.45, 7) is 12.7. The van der Waals surface area contributed by atoms with Gasteiger partial charge in [0, 0.05) is 19.1 Å². The SMILES string of the molecule is CC(C)(C)[Si](O[C@@H]1COC[C@]1(C)N1CCC(N)CC1)(c1ccccc1)c1ccccc1. The third-order valence-corrected chi connectivity index (χ3v) is 12.4. The van der Waals surface area contributed by atoms with E-state index in [-0.39, 0.29) is 16.7 Å². The number of rotatable bonds is 5. The van der Waals surface area contributed by atoms with E-state index in [4.69, 9.17) is 14.9 Å². The van der Waals surface area contributed by atoms with Crippen molar-refractivity contribution in [2.75, 3.05) is 26.3 Å². The van der Waals surface area contributed by atoms with Crippen molar-refractivity contribution in [3.05, 3.63) is 60.7 Å². The zero-order valence-corrected chi connectivity index (χ0v) is 20.5. The van der Waals surface area contributed by atoms with E-state index in [1.165, 1.54) is 10.4 Å². The van der Waals surface area contributed by atoms with E-state index in [0.717, 1.165) is 25.9 Å². The van der Waals surface area contributed by atoms with E-state index >= 15 is 0 Å². The molecule has 5 heteroatoms. The predicted octanol–water partition coefficient (Wildman–Crippen LogP) is 3.14. The average Bonchev–Trinajstić information content (AvgIpc) is 3.14. The third-order valence-electron chi connectivity index (χ3n) is 7.36. The molecule has 0 aliphatic carbocycles. The van der Waals surface area contributed by atoms with Crippen LogP contribution in [0.15, 0.2) is 60.7 Å². The smallest absolute Gasteiger partial charge is 0.261 e. The Hall–Kier alpha value is -1.50. The number of piperidine rings is 1. The van der Waals surface area contributed by atoms with Crippen molar-refractivity contribution in [3.63, 3.8) is 0 Å². The summed E-state index contributed by atoms with van der Waals surface area (Å²) in [6.07, 6.45) is 2.11. The molecule has 31 heavy (non-hydrogen) atoms. The Morgan fingerprint density at radius 1 is 0.968 bits per heavy atom. The molecule has 0 unspecified atom stereocenters. The van der Waals surface area contributed by atoms with Gasteiger partial charge in [0.05, 0.1) is 24.9 Å². The Bertz CT molecular complexity index is 807. The van der Waals surface area contributed by atoms with Gasteiger partial charge in [-0.05, 0) is 35.2 Å². The van der Waals surface area contributed by atoms with Crippen molar-refractivity contribution in [1.82, 2.24) is 4.90 Å². The van der Waals surface area contributed by atoms with Gasteiger partial charge in [-0.1, -0.05) is 81.4 Å². The third kappa shape index (κ3) is 4.14. The van der Waals surface area contributed by atoms with Crippen LogP contribution in [0.25, 0.3) is 0 Å². The minimum absolute atomic E-state index is 0.0214. The topological polar surface area (TPSA) is 47.7 Å². The van der Waals surface area contributed by atoms with Gasteiger partial charge in [0.25, 0.3) is 8.32 Å². The molecule has 0 saturated carbocycles. The van der Waals surface area contributed by atoms with Gasteiger partial charge >= 0.3 is 0 Å². The van der Waals surface area contributed by atoms with Crippen LogP contribution in [0.1, 0.15) is 40.5 Å². The summed E-state index contributed by atoms with van der Waals surface area (Å²) < 4.78 is 13.6. The van der Waals surface area contributed by atoms with Gasteiger partial charge < -0.3 is 14.9 Å². The molecule has 2 saturated heterocycles. The van der Waals surface area contributed by atoms with Crippen LogP contribution in [-0.2, 0) is 9.16 Å². The van der Waals surface area contributed by atoms with Crippen molar-refractivity contribution in [2.24, 2.45) is 5.73 Å². The molecule has 2 fully saturated rings. The zero-order chi connectivity index (χ0) is 22.1. The summed E-state index contributed by atoms with van der Waals surface area (Å²) in [7, 11) is -2.61. The lowest BCUT2D eigenvalue weighted by Crippen LogP contribution is -2.70. The standard InChI is InChI=1S/C26H38N2O2Si/c1-25(2,3)31(22-11-7-5-8-12-22,23-13-9-6-10-14-23)30-24-19-29-20-26(24,4)28-17-15-21(27)16-18-28/h5-14,21,24H,15-20,27H2,1-4H3/t24-,26+/m1/s1. The van der Waals surface area contributed by atoms with Gasteiger partial charge in [0.15, 0.2) is 0 Å². The summed E-state index contributed by atoms with van der Waals surface area (Å²) in [5, 5.41) is 2.61. The highest BCUT2D eigenvalue weighted by Gasteiger charge is 2.56. The second-order valence-electron chi connectivity index (χ2n) is 10.5. The minimum atomic E-state index is -2.61. The van der Waals surface area contributed by atoms with Crippen LogP contribution >= 0.6 is 0 Å². The molecule has 2 aromatic rings.